The van der Waals surface area contributed by atoms with E-state index in [0.717, 1.165) is 0 Å². The van der Waals surface area contributed by atoms with E-state index in [-0.39, 0.29) is 130 Å². The van der Waals surface area contributed by atoms with Crippen molar-refractivity contribution in [3.63, 3.8) is 0 Å². The monoisotopic (exact) mass is 617 g/mol. The average molecular weight is 617 g/mol. The van der Waals surface area contributed by atoms with Crippen LogP contribution >= 0.6 is 0 Å². The van der Waals surface area contributed by atoms with Gasteiger partial charge in [0.2, 0.25) is 0 Å². The zero-order valence-corrected chi connectivity index (χ0v) is 13.3. The molecule has 0 unspecified atom stereocenters. The Labute approximate surface area is 127 Å². The molecule has 6 heavy (non-hydrogen) atoms. The second kappa shape index (κ2) is 36.2. The maximum absolute atomic E-state index is 0. The van der Waals surface area contributed by atoms with Crippen LogP contribution in [-0.2, 0) is 34.1 Å². The first-order valence-corrected chi connectivity index (χ1v) is 0. The topological polar surface area (TPSA) is 0 Å². The average Bonchev–Trinajstić information content (AvgIpc) is 0. The van der Waals surface area contributed by atoms with Gasteiger partial charge in [-0.2, -0.15) is 0 Å². The summed E-state index contributed by atoms with van der Waals surface area (Å²) in [5, 5.41) is 0. The van der Waals surface area contributed by atoms with E-state index in [1.807, 2.05) is 0 Å². The SMILES string of the molecule is [I-].[I-].[I-].[I-].[Mn+2].[Mn+2]. The van der Waals surface area contributed by atoms with Gasteiger partial charge in [0, 0.05) is 0 Å². The maximum Gasteiger partial charge on any atom is 2.00 e. The van der Waals surface area contributed by atoms with Gasteiger partial charge in [0.15, 0.2) is 0 Å². The number of rotatable bonds is 0. The van der Waals surface area contributed by atoms with Crippen molar-refractivity contribution in [2.45, 2.75) is 0 Å². The molecule has 0 aromatic carbocycles. The third kappa shape index (κ3) is 24.6. The molecule has 0 saturated heterocycles. The molecule has 0 saturated carbocycles. The van der Waals surface area contributed by atoms with Crippen LogP contribution < -0.4 is 95.9 Å². The summed E-state index contributed by atoms with van der Waals surface area (Å²) in [5.74, 6) is 0. The van der Waals surface area contributed by atoms with Gasteiger partial charge >= 0.3 is 34.1 Å². The standard InChI is InChI=1S/4HI.2Mn/h4*1H;;/q;;;;2*+2/p-4. The zero-order chi connectivity index (χ0) is 0. The Bertz CT molecular complexity index is 5.51. The molecule has 0 heterocycles. The molecular formula is I4Mn2. The smallest absolute Gasteiger partial charge is 1.00 e. The van der Waals surface area contributed by atoms with Crippen molar-refractivity contribution >= 4 is 0 Å². The van der Waals surface area contributed by atoms with Gasteiger partial charge in [-0.1, -0.05) is 0 Å². The van der Waals surface area contributed by atoms with Crippen molar-refractivity contribution in [2.75, 3.05) is 0 Å². The molecule has 42 valence electrons. The Hall–Kier alpha value is 3.96. The normalized spacial score (nSPS) is 0. The Kier molecular flexibility index (Phi) is 308. The minimum absolute atomic E-state index is 0. The summed E-state index contributed by atoms with van der Waals surface area (Å²) in [6, 6.07) is 0. The van der Waals surface area contributed by atoms with Crippen LogP contribution in [0.15, 0.2) is 0 Å². The van der Waals surface area contributed by atoms with Gasteiger partial charge in [0.1, 0.15) is 0 Å². The maximum atomic E-state index is 0. The van der Waals surface area contributed by atoms with Gasteiger partial charge in [-0.3, -0.25) is 0 Å². The molecule has 0 nitrogen and oxygen atoms in total. The van der Waals surface area contributed by atoms with E-state index in [1.165, 1.54) is 0 Å². The number of hydrogen-bond donors (Lipinski definition) is 0. The van der Waals surface area contributed by atoms with Gasteiger partial charge < -0.3 is 95.9 Å². The van der Waals surface area contributed by atoms with Crippen LogP contribution in [0.25, 0.3) is 0 Å². The van der Waals surface area contributed by atoms with Crippen LogP contribution in [0.3, 0.4) is 0 Å². The van der Waals surface area contributed by atoms with Crippen molar-refractivity contribution < 1.29 is 130 Å². The molecule has 0 N–H and O–H groups in total. The molecule has 0 rings (SSSR count). The molecule has 0 aliphatic rings. The fraction of sp³-hybridized carbons (Fsp3) is 0. The third-order valence-electron chi connectivity index (χ3n) is 0. The predicted octanol–water partition coefficient (Wildman–Crippen LogP) is -12.0. The molecule has 0 aromatic heterocycles. The van der Waals surface area contributed by atoms with E-state index in [2.05, 4.69) is 0 Å². The first-order valence-electron chi connectivity index (χ1n) is 0. The zero-order valence-electron chi connectivity index (χ0n) is 2.27. The summed E-state index contributed by atoms with van der Waals surface area (Å²) in [7, 11) is 0. The van der Waals surface area contributed by atoms with E-state index < -0.39 is 0 Å². The van der Waals surface area contributed by atoms with Crippen molar-refractivity contribution in [2.24, 2.45) is 0 Å². The van der Waals surface area contributed by atoms with Gasteiger partial charge in [0.25, 0.3) is 0 Å². The van der Waals surface area contributed by atoms with E-state index in [9.17, 15) is 0 Å². The van der Waals surface area contributed by atoms with E-state index in [1.54, 1.807) is 0 Å². The third-order valence-corrected chi connectivity index (χ3v) is 0. The van der Waals surface area contributed by atoms with Gasteiger partial charge in [-0.05, 0) is 0 Å². The van der Waals surface area contributed by atoms with Crippen LogP contribution in [0, 0.1) is 0 Å². The summed E-state index contributed by atoms with van der Waals surface area (Å²) in [4.78, 5) is 0. The van der Waals surface area contributed by atoms with Crippen LogP contribution in [0.2, 0.25) is 0 Å². The first-order chi connectivity index (χ1) is 0. The minimum Gasteiger partial charge on any atom is -1.00 e. The summed E-state index contributed by atoms with van der Waals surface area (Å²) in [6.45, 7) is 0. The van der Waals surface area contributed by atoms with Crippen molar-refractivity contribution in [1.29, 1.82) is 0 Å². The molecule has 0 bridgehead atoms. The van der Waals surface area contributed by atoms with Crippen LogP contribution in [0.4, 0.5) is 0 Å². The Morgan fingerprint density at radius 2 is 0.333 bits per heavy atom. The summed E-state index contributed by atoms with van der Waals surface area (Å²) >= 11 is 0. The first kappa shape index (κ1) is 51.0. The number of halogens is 4. The van der Waals surface area contributed by atoms with Crippen molar-refractivity contribution in [1.82, 2.24) is 0 Å². The van der Waals surface area contributed by atoms with Gasteiger partial charge in [0.05, 0.1) is 0 Å². The molecule has 6 heteroatoms. The predicted molar refractivity (Wildman–Crippen MR) is 0 cm³/mol. The second-order valence-corrected chi connectivity index (χ2v) is 0. The molecule has 0 atom stereocenters. The minimum atomic E-state index is 0. The van der Waals surface area contributed by atoms with Crippen LogP contribution in [0.5, 0.6) is 0 Å². The fourth-order valence-corrected chi connectivity index (χ4v) is 0. The van der Waals surface area contributed by atoms with Gasteiger partial charge in [-0.25, -0.2) is 0 Å². The van der Waals surface area contributed by atoms with Crippen molar-refractivity contribution in [3.05, 3.63) is 0 Å². The molecule has 0 aliphatic carbocycles. The molecule has 2 radical (unpaired) electrons. The quantitative estimate of drug-likeness (QED) is 0.187. The van der Waals surface area contributed by atoms with Gasteiger partial charge in [-0.15, -0.1) is 0 Å². The van der Waals surface area contributed by atoms with E-state index >= 15 is 0 Å². The molecule has 0 fully saturated rings. The Morgan fingerprint density at radius 3 is 0.333 bits per heavy atom. The van der Waals surface area contributed by atoms with Crippen molar-refractivity contribution in [3.8, 4) is 0 Å². The molecular weight excluding hydrogens is 617 g/mol. The Morgan fingerprint density at radius 1 is 0.333 bits per heavy atom. The van der Waals surface area contributed by atoms with E-state index in [0.29, 0.717) is 0 Å². The van der Waals surface area contributed by atoms with Crippen LogP contribution in [0.1, 0.15) is 0 Å². The summed E-state index contributed by atoms with van der Waals surface area (Å²) < 4.78 is 0. The molecule has 0 aromatic rings. The molecule has 0 spiro atoms. The summed E-state index contributed by atoms with van der Waals surface area (Å²) in [5.41, 5.74) is 0. The molecule has 0 amide bonds. The van der Waals surface area contributed by atoms with E-state index in [4.69, 9.17) is 0 Å². The van der Waals surface area contributed by atoms with Crippen LogP contribution in [-0.4, -0.2) is 0 Å². The summed E-state index contributed by atoms with van der Waals surface area (Å²) in [6.07, 6.45) is 0. The Balaban J connectivity index is 0. The largest absolute Gasteiger partial charge is 2.00 e. The fourth-order valence-electron chi connectivity index (χ4n) is 0. The second-order valence-electron chi connectivity index (χ2n) is 0. The number of hydrogen-bond acceptors (Lipinski definition) is 0. The molecule has 0 aliphatic heterocycles.